The van der Waals surface area contributed by atoms with Gasteiger partial charge in [-0.25, -0.2) is 14.5 Å². The number of pyridine rings is 2. The number of hydrogen-bond acceptors (Lipinski definition) is 6. The molecule has 0 saturated heterocycles. The molecule has 4 aromatic heterocycles. The largest absolute Gasteiger partial charge is 0.481 e. The van der Waals surface area contributed by atoms with Crippen molar-refractivity contribution in [3.63, 3.8) is 0 Å². The maximum absolute atomic E-state index is 5.10. The Balaban J connectivity index is 1.58. The molecule has 0 bridgehead atoms. The molecule has 7 heteroatoms. The molecule has 0 saturated carbocycles. The summed E-state index contributed by atoms with van der Waals surface area (Å²) in [6, 6.07) is 7.84. The van der Waals surface area contributed by atoms with Gasteiger partial charge in [0, 0.05) is 36.6 Å². The normalized spacial score (nSPS) is 11.0. The predicted molar refractivity (Wildman–Crippen MR) is 92.3 cm³/mol. The molecular formula is C17H15N5OS. The van der Waals surface area contributed by atoms with Crippen molar-refractivity contribution in [1.29, 1.82) is 0 Å². The highest BCUT2D eigenvalue weighted by atomic mass is 32.1. The summed E-state index contributed by atoms with van der Waals surface area (Å²) in [7, 11) is 1.61. The third kappa shape index (κ3) is 2.85. The Hall–Kier alpha value is -2.80. The van der Waals surface area contributed by atoms with E-state index in [1.165, 1.54) is 5.56 Å². The van der Waals surface area contributed by atoms with Gasteiger partial charge in [-0.05, 0) is 24.1 Å². The van der Waals surface area contributed by atoms with E-state index in [2.05, 4.69) is 21.0 Å². The highest BCUT2D eigenvalue weighted by Gasteiger charge is 2.12. The van der Waals surface area contributed by atoms with E-state index in [0.717, 1.165) is 34.1 Å². The zero-order valence-corrected chi connectivity index (χ0v) is 13.9. The quantitative estimate of drug-likeness (QED) is 0.560. The van der Waals surface area contributed by atoms with Gasteiger partial charge in [0.1, 0.15) is 5.01 Å². The van der Waals surface area contributed by atoms with Gasteiger partial charge in [-0.3, -0.25) is 4.98 Å². The third-order valence-corrected chi connectivity index (χ3v) is 4.70. The first-order valence-corrected chi connectivity index (χ1v) is 8.38. The first kappa shape index (κ1) is 14.8. The average Bonchev–Trinajstić information content (AvgIpc) is 3.21. The van der Waals surface area contributed by atoms with E-state index in [9.17, 15) is 0 Å². The van der Waals surface area contributed by atoms with E-state index in [1.54, 1.807) is 30.8 Å². The molecule has 4 heterocycles. The van der Waals surface area contributed by atoms with E-state index in [-0.39, 0.29) is 0 Å². The first-order valence-electron chi connectivity index (χ1n) is 7.56. The lowest BCUT2D eigenvalue weighted by atomic mass is 10.2. The summed E-state index contributed by atoms with van der Waals surface area (Å²) in [6.07, 6.45) is 9.08. The van der Waals surface area contributed by atoms with Gasteiger partial charge >= 0.3 is 0 Å². The Morgan fingerprint density at radius 1 is 1.08 bits per heavy atom. The molecule has 4 rings (SSSR count). The molecule has 0 aromatic carbocycles. The summed E-state index contributed by atoms with van der Waals surface area (Å²) < 4.78 is 6.98. The number of aryl methyl sites for hydroxylation is 2. The lowest BCUT2D eigenvalue weighted by Crippen LogP contribution is -1.95. The topological polar surface area (TPSA) is 65.2 Å². The summed E-state index contributed by atoms with van der Waals surface area (Å²) >= 11 is 1.61. The molecule has 0 aliphatic carbocycles. The molecule has 120 valence electrons. The van der Waals surface area contributed by atoms with E-state index < -0.39 is 0 Å². The lowest BCUT2D eigenvalue weighted by molar-refractivity contribution is 0.398. The summed E-state index contributed by atoms with van der Waals surface area (Å²) in [6.45, 7) is 0. The molecule has 6 nitrogen and oxygen atoms in total. The van der Waals surface area contributed by atoms with Crippen molar-refractivity contribution < 1.29 is 4.74 Å². The van der Waals surface area contributed by atoms with Gasteiger partial charge in [-0.2, -0.15) is 5.10 Å². The fourth-order valence-corrected chi connectivity index (χ4v) is 3.35. The van der Waals surface area contributed by atoms with E-state index >= 15 is 0 Å². The molecular weight excluding hydrogens is 322 g/mol. The maximum atomic E-state index is 5.10. The summed E-state index contributed by atoms with van der Waals surface area (Å²) in [5.41, 5.74) is 3.11. The first-order chi connectivity index (χ1) is 11.8. The minimum atomic E-state index is 0.593. The van der Waals surface area contributed by atoms with Crippen LogP contribution >= 0.6 is 11.3 Å². The van der Waals surface area contributed by atoms with Crippen molar-refractivity contribution in [3.05, 3.63) is 59.6 Å². The van der Waals surface area contributed by atoms with Crippen molar-refractivity contribution in [2.75, 3.05) is 7.11 Å². The van der Waals surface area contributed by atoms with Crippen LogP contribution in [0.2, 0.25) is 0 Å². The monoisotopic (exact) mass is 337 g/mol. The summed E-state index contributed by atoms with van der Waals surface area (Å²) in [4.78, 5) is 13.7. The Labute approximate surface area is 142 Å². The Kier molecular flexibility index (Phi) is 3.92. The summed E-state index contributed by atoms with van der Waals surface area (Å²) in [5, 5.41) is 5.76. The number of fused-ring (bicyclic) bond motifs is 1. The number of imidazole rings is 1. The summed E-state index contributed by atoms with van der Waals surface area (Å²) in [5.74, 6) is 0.593. The van der Waals surface area contributed by atoms with Crippen LogP contribution in [0.4, 0.5) is 0 Å². The van der Waals surface area contributed by atoms with Gasteiger partial charge < -0.3 is 4.74 Å². The van der Waals surface area contributed by atoms with Crippen molar-refractivity contribution >= 4 is 16.3 Å². The van der Waals surface area contributed by atoms with Crippen LogP contribution in [-0.4, -0.2) is 31.7 Å². The van der Waals surface area contributed by atoms with Crippen LogP contribution < -0.4 is 4.74 Å². The van der Waals surface area contributed by atoms with Crippen LogP contribution in [0.3, 0.4) is 0 Å². The van der Waals surface area contributed by atoms with E-state index in [4.69, 9.17) is 9.84 Å². The highest BCUT2D eigenvalue weighted by molar-refractivity contribution is 7.16. The Morgan fingerprint density at radius 2 is 2.04 bits per heavy atom. The molecule has 0 aliphatic rings. The van der Waals surface area contributed by atoms with Crippen LogP contribution in [-0.2, 0) is 12.8 Å². The number of nitrogens with zero attached hydrogens (tertiary/aromatic N) is 5. The molecule has 0 N–H and O–H groups in total. The van der Waals surface area contributed by atoms with Gasteiger partial charge in [0.05, 0.1) is 19.0 Å². The molecule has 0 amide bonds. The Morgan fingerprint density at radius 3 is 2.79 bits per heavy atom. The fraction of sp³-hybridized carbons (Fsp3) is 0.176. The number of aromatic nitrogens is 5. The SMILES string of the molecule is COc1ccc(-c2cnc3sc(CCc4cccnc4)nn23)cn1. The molecule has 4 aromatic rings. The zero-order valence-electron chi connectivity index (χ0n) is 13.1. The average molecular weight is 337 g/mol. The van der Waals surface area contributed by atoms with Gasteiger partial charge in [-0.1, -0.05) is 17.4 Å². The van der Waals surface area contributed by atoms with Crippen molar-refractivity contribution in [2.45, 2.75) is 12.8 Å². The van der Waals surface area contributed by atoms with Crippen LogP contribution in [0.5, 0.6) is 5.88 Å². The minimum Gasteiger partial charge on any atom is -0.481 e. The second kappa shape index (κ2) is 6.37. The van der Waals surface area contributed by atoms with Gasteiger partial charge in [0.15, 0.2) is 0 Å². The lowest BCUT2D eigenvalue weighted by Gasteiger charge is -2.01. The molecule has 0 spiro atoms. The van der Waals surface area contributed by atoms with Crippen molar-refractivity contribution in [3.8, 4) is 17.1 Å². The van der Waals surface area contributed by atoms with Crippen LogP contribution in [0, 0.1) is 0 Å². The molecule has 0 fully saturated rings. The number of rotatable bonds is 5. The van der Waals surface area contributed by atoms with E-state index in [0.29, 0.717) is 5.88 Å². The maximum Gasteiger partial charge on any atom is 0.212 e. The highest BCUT2D eigenvalue weighted by Crippen LogP contribution is 2.24. The smallest absolute Gasteiger partial charge is 0.212 e. The second-order valence-corrected chi connectivity index (χ2v) is 6.32. The third-order valence-electron chi connectivity index (χ3n) is 3.72. The number of ether oxygens (including phenoxy) is 1. The zero-order chi connectivity index (χ0) is 16.4. The van der Waals surface area contributed by atoms with Crippen LogP contribution in [0.1, 0.15) is 10.6 Å². The van der Waals surface area contributed by atoms with E-state index in [1.807, 2.05) is 35.1 Å². The minimum absolute atomic E-state index is 0.593. The van der Waals surface area contributed by atoms with Crippen LogP contribution in [0.25, 0.3) is 16.2 Å². The Bertz CT molecular complexity index is 946. The van der Waals surface area contributed by atoms with Gasteiger partial charge in [0.2, 0.25) is 10.8 Å². The molecule has 0 radical (unpaired) electrons. The standard InChI is InChI=1S/C17H15N5OS/c1-23-15-6-5-13(10-19-15)14-11-20-17-22(14)21-16(24-17)7-4-12-3-2-8-18-9-12/h2-3,5-6,8-11H,4,7H2,1H3. The molecule has 0 aliphatic heterocycles. The second-order valence-electron chi connectivity index (χ2n) is 5.28. The predicted octanol–water partition coefficient (Wildman–Crippen LogP) is 3.04. The fourth-order valence-electron chi connectivity index (χ4n) is 2.48. The van der Waals surface area contributed by atoms with Crippen LogP contribution in [0.15, 0.2) is 49.1 Å². The van der Waals surface area contributed by atoms with Gasteiger partial charge in [-0.15, -0.1) is 0 Å². The van der Waals surface area contributed by atoms with Crippen molar-refractivity contribution in [2.24, 2.45) is 0 Å². The molecule has 24 heavy (non-hydrogen) atoms. The molecule has 0 unspecified atom stereocenters. The molecule has 0 atom stereocenters. The van der Waals surface area contributed by atoms with Gasteiger partial charge in [0.25, 0.3) is 0 Å². The number of methoxy groups -OCH3 is 1. The van der Waals surface area contributed by atoms with Crippen molar-refractivity contribution in [1.82, 2.24) is 24.6 Å². The number of hydrogen-bond donors (Lipinski definition) is 0.